The number of piperazine rings is 1. The number of anilines is 1. The zero-order chi connectivity index (χ0) is 26.4. The molecule has 37 heavy (non-hydrogen) atoms. The van der Waals surface area contributed by atoms with Gasteiger partial charge in [0, 0.05) is 31.9 Å². The van der Waals surface area contributed by atoms with E-state index in [1.807, 2.05) is 30.3 Å². The van der Waals surface area contributed by atoms with Crippen molar-refractivity contribution in [1.82, 2.24) is 9.80 Å². The lowest BCUT2D eigenvalue weighted by Gasteiger charge is -2.36. The van der Waals surface area contributed by atoms with Gasteiger partial charge in [0.05, 0.1) is 11.5 Å². The number of hydrogen-bond donors (Lipinski definition) is 1. The van der Waals surface area contributed by atoms with Crippen LogP contribution in [0.1, 0.15) is 12.5 Å². The molecule has 0 radical (unpaired) electrons. The second-order valence-corrected chi connectivity index (χ2v) is 9.29. The summed E-state index contributed by atoms with van der Waals surface area (Å²) in [4.78, 5) is 54.2. The summed E-state index contributed by atoms with van der Waals surface area (Å²) in [7, 11) is 0. The fraction of sp³-hybridized carbons (Fsp3) is 0.308. The summed E-state index contributed by atoms with van der Waals surface area (Å²) < 4.78 is 10.8. The Hall–Kier alpha value is -3.99. The minimum Gasteiger partial charge on any atom is -0.490 e. The summed E-state index contributed by atoms with van der Waals surface area (Å²) >= 11 is 0.770. The predicted molar refractivity (Wildman–Crippen MR) is 139 cm³/mol. The van der Waals surface area contributed by atoms with E-state index < -0.39 is 23.7 Å². The van der Waals surface area contributed by atoms with Gasteiger partial charge in [-0.1, -0.05) is 24.3 Å². The Morgan fingerprint density at radius 3 is 2.41 bits per heavy atom. The van der Waals surface area contributed by atoms with Crippen LogP contribution < -0.4 is 14.4 Å². The van der Waals surface area contributed by atoms with Gasteiger partial charge < -0.3 is 24.4 Å². The highest BCUT2D eigenvalue weighted by molar-refractivity contribution is 8.18. The van der Waals surface area contributed by atoms with Crippen molar-refractivity contribution >= 4 is 46.5 Å². The maximum absolute atomic E-state index is 12.9. The Bertz CT molecular complexity index is 1210. The molecule has 0 atom stereocenters. The Morgan fingerprint density at radius 1 is 1.00 bits per heavy atom. The smallest absolute Gasteiger partial charge is 0.341 e. The quantitative estimate of drug-likeness (QED) is 0.493. The van der Waals surface area contributed by atoms with E-state index in [1.54, 1.807) is 30.0 Å². The number of carbonyl (C=O) groups excluding carboxylic acids is 3. The molecular weight excluding hydrogens is 498 g/mol. The number of ether oxygens (including phenoxy) is 2. The van der Waals surface area contributed by atoms with Gasteiger partial charge in [0.15, 0.2) is 18.1 Å². The third-order valence-electron chi connectivity index (χ3n) is 5.84. The van der Waals surface area contributed by atoms with Crippen LogP contribution in [0.25, 0.3) is 6.08 Å². The van der Waals surface area contributed by atoms with Crippen LogP contribution in [-0.4, -0.2) is 83.9 Å². The lowest BCUT2D eigenvalue weighted by Crippen LogP contribution is -2.51. The number of amides is 3. The average molecular weight is 526 g/mol. The second kappa shape index (κ2) is 11.8. The predicted octanol–water partition coefficient (Wildman–Crippen LogP) is 2.93. The molecule has 0 unspecified atom stereocenters. The molecule has 4 rings (SSSR count). The molecule has 2 aromatic rings. The van der Waals surface area contributed by atoms with E-state index in [0.29, 0.717) is 44.1 Å². The number of imide groups is 1. The molecule has 0 aromatic heterocycles. The maximum Gasteiger partial charge on any atom is 0.341 e. The van der Waals surface area contributed by atoms with Crippen LogP contribution >= 0.6 is 11.8 Å². The topological polar surface area (TPSA) is 117 Å². The van der Waals surface area contributed by atoms with E-state index in [-0.39, 0.29) is 23.1 Å². The van der Waals surface area contributed by atoms with E-state index in [1.165, 1.54) is 6.08 Å². The number of thioether (sulfide) groups is 1. The van der Waals surface area contributed by atoms with Crippen molar-refractivity contribution in [2.24, 2.45) is 0 Å². The molecule has 1 N–H and O–H groups in total. The number of hydrogen-bond acceptors (Lipinski definition) is 8. The fourth-order valence-corrected chi connectivity index (χ4v) is 4.86. The van der Waals surface area contributed by atoms with Crippen LogP contribution in [0.5, 0.6) is 11.5 Å². The molecule has 2 fully saturated rings. The van der Waals surface area contributed by atoms with Crippen LogP contribution in [0, 0.1) is 0 Å². The number of carboxylic acid groups (broad SMARTS) is 1. The molecule has 2 aliphatic rings. The van der Waals surface area contributed by atoms with Gasteiger partial charge >= 0.3 is 5.97 Å². The average Bonchev–Trinajstić information content (AvgIpc) is 3.16. The van der Waals surface area contributed by atoms with Crippen LogP contribution in [0.2, 0.25) is 0 Å². The van der Waals surface area contributed by atoms with Gasteiger partial charge in [-0.3, -0.25) is 19.3 Å². The van der Waals surface area contributed by atoms with Crippen LogP contribution in [-0.2, 0) is 14.4 Å². The molecule has 2 saturated heterocycles. The second-order valence-electron chi connectivity index (χ2n) is 8.29. The highest BCUT2D eigenvalue weighted by Crippen LogP contribution is 2.34. The number of benzene rings is 2. The minimum absolute atomic E-state index is 0.188. The largest absolute Gasteiger partial charge is 0.490 e. The first kappa shape index (κ1) is 26.1. The van der Waals surface area contributed by atoms with Gasteiger partial charge in [-0.15, -0.1) is 0 Å². The molecule has 3 amide bonds. The highest BCUT2D eigenvalue weighted by Gasteiger charge is 2.37. The van der Waals surface area contributed by atoms with Crippen molar-refractivity contribution < 1.29 is 33.8 Å². The third-order valence-corrected chi connectivity index (χ3v) is 6.74. The van der Waals surface area contributed by atoms with E-state index in [0.717, 1.165) is 22.3 Å². The number of aliphatic carboxylic acids is 1. The summed E-state index contributed by atoms with van der Waals surface area (Å²) in [5.41, 5.74) is 1.67. The Morgan fingerprint density at radius 2 is 1.73 bits per heavy atom. The number of nitrogens with zero attached hydrogens (tertiary/aromatic N) is 3. The molecule has 10 nitrogen and oxygen atoms in total. The zero-order valence-electron chi connectivity index (χ0n) is 20.3. The summed E-state index contributed by atoms with van der Waals surface area (Å²) in [6.45, 7) is 3.64. The van der Waals surface area contributed by atoms with Crippen LogP contribution in [0.15, 0.2) is 53.4 Å². The Labute approximate surface area is 218 Å². The molecule has 2 heterocycles. The van der Waals surface area contributed by atoms with Crippen LogP contribution in [0.3, 0.4) is 0 Å². The first-order chi connectivity index (χ1) is 17.9. The van der Waals surface area contributed by atoms with E-state index in [4.69, 9.17) is 14.6 Å². The number of carboxylic acids is 1. The van der Waals surface area contributed by atoms with E-state index >= 15 is 0 Å². The highest BCUT2D eigenvalue weighted by atomic mass is 32.2. The molecule has 2 aromatic carbocycles. The summed E-state index contributed by atoms with van der Waals surface area (Å²) in [6, 6.07) is 14.7. The zero-order valence-corrected chi connectivity index (χ0v) is 21.1. The lowest BCUT2D eigenvalue weighted by molar-refractivity contribution is -0.139. The molecule has 194 valence electrons. The lowest BCUT2D eigenvalue weighted by atomic mass is 10.2. The van der Waals surface area contributed by atoms with Gasteiger partial charge in [-0.05, 0) is 54.6 Å². The summed E-state index contributed by atoms with van der Waals surface area (Å²) in [5, 5.41) is 8.34. The standard InChI is InChI=1S/C26H27N3O7S/c1-2-35-21-14-18(8-9-20(21)36-17-24(31)32)15-22-25(33)29(26(34)37-22)16-23(30)28-12-10-27(11-13-28)19-6-4-3-5-7-19/h3-9,14-15H,2,10-13,16-17H2,1H3,(H,31,32)/b22-15+. The monoisotopic (exact) mass is 525 g/mol. The van der Waals surface area contributed by atoms with Crippen molar-refractivity contribution in [1.29, 1.82) is 0 Å². The Balaban J connectivity index is 1.39. The van der Waals surface area contributed by atoms with Gasteiger partial charge in [0.2, 0.25) is 5.91 Å². The van der Waals surface area contributed by atoms with Crippen molar-refractivity contribution in [3.8, 4) is 11.5 Å². The van der Waals surface area contributed by atoms with Crippen molar-refractivity contribution in [2.75, 3.05) is 50.8 Å². The normalized spacial score (nSPS) is 16.9. The number of carbonyl (C=O) groups is 4. The van der Waals surface area contributed by atoms with E-state index in [9.17, 15) is 19.2 Å². The first-order valence-electron chi connectivity index (χ1n) is 11.8. The maximum atomic E-state index is 12.9. The third kappa shape index (κ3) is 6.42. The molecule has 0 bridgehead atoms. The number of para-hydroxylation sites is 1. The van der Waals surface area contributed by atoms with Gasteiger partial charge in [-0.2, -0.15) is 0 Å². The number of rotatable bonds is 9. The molecule has 2 aliphatic heterocycles. The van der Waals surface area contributed by atoms with Crippen molar-refractivity contribution in [2.45, 2.75) is 6.92 Å². The van der Waals surface area contributed by atoms with Crippen molar-refractivity contribution in [3.63, 3.8) is 0 Å². The molecule has 0 aliphatic carbocycles. The SMILES string of the molecule is CCOc1cc(/C=C2/SC(=O)N(CC(=O)N3CCN(c4ccccc4)CC3)C2=O)ccc1OCC(=O)O. The van der Waals surface area contributed by atoms with Gasteiger partial charge in [0.25, 0.3) is 11.1 Å². The van der Waals surface area contributed by atoms with Gasteiger partial charge in [0.1, 0.15) is 6.54 Å². The van der Waals surface area contributed by atoms with Gasteiger partial charge in [-0.25, -0.2) is 4.79 Å². The summed E-state index contributed by atoms with van der Waals surface area (Å²) in [5.74, 6) is -1.34. The molecular formula is C26H27N3O7S. The van der Waals surface area contributed by atoms with E-state index in [2.05, 4.69) is 4.90 Å². The minimum atomic E-state index is -1.12. The molecule has 11 heteroatoms. The Kier molecular flexibility index (Phi) is 8.34. The molecule has 0 spiro atoms. The molecule has 0 saturated carbocycles. The van der Waals surface area contributed by atoms with Crippen molar-refractivity contribution in [3.05, 3.63) is 59.0 Å². The first-order valence-corrected chi connectivity index (χ1v) is 12.6. The fourth-order valence-electron chi connectivity index (χ4n) is 4.02. The van der Waals surface area contributed by atoms with Crippen LogP contribution in [0.4, 0.5) is 10.5 Å². The summed E-state index contributed by atoms with van der Waals surface area (Å²) in [6.07, 6.45) is 1.54.